The highest BCUT2D eigenvalue weighted by molar-refractivity contribution is 6.30. The second-order valence-electron chi connectivity index (χ2n) is 3.86. The molecule has 68 valence electrons. The molecule has 0 unspecified atom stereocenters. The average molecular weight is 195 g/mol. The molecular weight excluding hydrogens is 184 g/mol. The first-order valence-electron chi connectivity index (χ1n) is 4.29. The zero-order valence-corrected chi connectivity index (χ0v) is 8.48. The van der Waals surface area contributed by atoms with E-state index in [1.807, 2.05) is 18.2 Å². The van der Waals surface area contributed by atoms with Crippen molar-refractivity contribution in [3.05, 3.63) is 35.2 Å². The molecule has 0 N–H and O–H groups in total. The zero-order valence-electron chi connectivity index (χ0n) is 7.73. The summed E-state index contributed by atoms with van der Waals surface area (Å²) >= 11 is 5.85. The Morgan fingerprint density at radius 1 is 1.46 bits per heavy atom. The first kappa shape index (κ1) is 8.89. The molecule has 1 aliphatic heterocycles. The van der Waals surface area contributed by atoms with Gasteiger partial charge in [-0.25, -0.2) is 0 Å². The summed E-state index contributed by atoms with van der Waals surface area (Å²) in [6.45, 7) is 4.11. The van der Waals surface area contributed by atoms with Crippen LogP contribution in [0.3, 0.4) is 0 Å². The van der Waals surface area contributed by atoms with Crippen molar-refractivity contribution in [2.45, 2.75) is 25.9 Å². The van der Waals surface area contributed by atoms with E-state index in [0.29, 0.717) is 0 Å². The van der Waals surface area contributed by atoms with Gasteiger partial charge in [0.1, 0.15) is 11.4 Å². The summed E-state index contributed by atoms with van der Waals surface area (Å²) in [5, 5.41) is 0.731. The highest BCUT2D eigenvalue weighted by Gasteiger charge is 2.26. The van der Waals surface area contributed by atoms with Crippen LogP contribution in [0.25, 0.3) is 0 Å². The van der Waals surface area contributed by atoms with Crippen molar-refractivity contribution < 1.29 is 4.74 Å². The number of rotatable bonds is 0. The Morgan fingerprint density at radius 2 is 2.23 bits per heavy atom. The molecular formula is C11H11ClO. The Bertz CT molecular complexity index is 331. The number of ether oxygens (including phenoxy) is 1. The molecule has 0 spiro atoms. The largest absolute Gasteiger partial charge is 0.488 e. The van der Waals surface area contributed by atoms with Crippen molar-refractivity contribution >= 4 is 11.6 Å². The summed E-state index contributed by atoms with van der Waals surface area (Å²) in [6, 6.07) is 5.61. The van der Waals surface area contributed by atoms with Crippen molar-refractivity contribution in [2.24, 2.45) is 0 Å². The van der Waals surface area contributed by atoms with Gasteiger partial charge in [0.25, 0.3) is 0 Å². The van der Waals surface area contributed by atoms with Gasteiger partial charge in [-0.15, -0.1) is 0 Å². The lowest BCUT2D eigenvalue weighted by Gasteiger charge is -2.32. The van der Waals surface area contributed by atoms with E-state index in [1.165, 1.54) is 0 Å². The van der Waals surface area contributed by atoms with Gasteiger partial charge in [-0.2, -0.15) is 0 Å². The van der Waals surface area contributed by atoms with Crippen molar-refractivity contribution in [3.8, 4) is 5.75 Å². The van der Waals surface area contributed by atoms with Crippen LogP contribution in [0.5, 0.6) is 5.75 Å². The van der Waals surface area contributed by atoms with Crippen LogP contribution in [-0.4, -0.2) is 5.60 Å². The maximum Gasteiger partial charge on any atom is 0.124 e. The standard InChI is InChI=1S/C11H11ClO/c1-11(2)6-5-8-7-9(12)3-4-10(8)13-11/h3-4,7H,6H2,1-2H3. The fourth-order valence-corrected chi connectivity index (χ4v) is 1.54. The first-order chi connectivity index (χ1) is 6.07. The molecule has 1 aromatic rings. The van der Waals surface area contributed by atoms with Crippen molar-refractivity contribution in [1.82, 2.24) is 0 Å². The maximum absolute atomic E-state index is 5.85. The molecule has 1 aromatic carbocycles. The predicted molar refractivity (Wildman–Crippen MR) is 53.1 cm³/mol. The topological polar surface area (TPSA) is 9.23 Å². The highest BCUT2D eigenvalue weighted by atomic mass is 35.5. The Balaban J connectivity index is 2.37. The van der Waals surface area contributed by atoms with Crippen LogP contribution in [0, 0.1) is 6.42 Å². The van der Waals surface area contributed by atoms with Gasteiger partial charge in [-0.1, -0.05) is 11.6 Å². The van der Waals surface area contributed by atoms with Crippen LogP contribution >= 0.6 is 11.6 Å². The van der Waals surface area contributed by atoms with E-state index in [9.17, 15) is 0 Å². The van der Waals surface area contributed by atoms with Crippen LogP contribution in [-0.2, 0) is 0 Å². The maximum atomic E-state index is 5.85. The van der Waals surface area contributed by atoms with E-state index in [1.54, 1.807) is 0 Å². The molecule has 2 heteroatoms. The monoisotopic (exact) mass is 194 g/mol. The van der Waals surface area contributed by atoms with Gasteiger partial charge in [0.2, 0.25) is 0 Å². The van der Waals surface area contributed by atoms with E-state index in [4.69, 9.17) is 16.3 Å². The Kier molecular flexibility index (Phi) is 1.99. The molecule has 0 aromatic heterocycles. The average Bonchev–Trinajstić information content (AvgIpc) is 2.05. The molecule has 1 heterocycles. The fraction of sp³-hybridized carbons (Fsp3) is 0.364. The second-order valence-corrected chi connectivity index (χ2v) is 4.29. The summed E-state index contributed by atoms with van der Waals surface area (Å²) in [6.07, 6.45) is 4.09. The number of halogens is 1. The van der Waals surface area contributed by atoms with E-state index in [0.717, 1.165) is 22.8 Å². The molecule has 0 saturated carbocycles. The molecule has 0 bridgehead atoms. The number of fused-ring (bicyclic) bond motifs is 1. The third-order valence-electron chi connectivity index (χ3n) is 2.03. The molecule has 0 amide bonds. The van der Waals surface area contributed by atoms with Gasteiger partial charge < -0.3 is 4.74 Å². The number of hydrogen-bond acceptors (Lipinski definition) is 1. The van der Waals surface area contributed by atoms with Gasteiger partial charge in [0.05, 0.1) is 0 Å². The van der Waals surface area contributed by atoms with Crippen molar-refractivity contribution in [1.29, 1.82) is 0 Å². The van der Waals surface area contributed by atoms with Crippen LogP contribution in [0.4, 0.5) is 0 Å². The zero-order chi connectivity index (χ0) is 9.47. The first-order valence-corrected chi connectivity index (χ1v) is 4.67. The van der Waals surface area contributed by atoms with Gasteiger partial charge in [0, 0.05) is 17.0 Å². The normalized spacial score (nSPS) is 19.0. The molecule has 0 atom stereocenters. The van der Waals surface area contributed by atoms with Crippen LogP contribution in [0.15, 0.2) is 18.2 Å². The Labute approximate surface area is 83.7 Å². The fourth-order valence-electron chi connectivity index (χ4n) is 1.37. The Hall–Kier alpha value is -0.690. The second kappa shape index (κ2) is 2.91. The molecule has 0 saturated heterocycles. The quantitative estimate of drug-likeness (QED) is 0.616. The van der Waals surface area contributed by atoms with Crippen LogP contribution in [0.1, 0.15) is 25.8 Å². The molecule has 1 nitrogen and oxygen atoms in total. The Morgan fingerprint density at radius 3 is 3.00 bits per heavy atom. The van der Waals surface area contributed by atoms with Gasteiger partial charge >= 0.3 is 0 Å². The minimum Gasteiger partial charge on any atom is -0.488 e. The molecule has 1 aliphatic rings. The smallest absolute Gasteiger partial charge is 0.124 e. The lowest BCUT2D eigenvalue weighted by molar-refractivity contribution is 0.0988. The minimum absolute atomic E-state index is 0.138. The predicted octanol–water partition coefficient (Wildman–Crippen LogP) is 3.33. The van der Waals surface area contributed by atoms with Crippen molar-refractivity contribution in [3.63, 3.8) is 0 Å². The SMILES string of the molecule is CC1(C)C[C]c2cc(Cl)ccc2O1. The third kappa shape index (κ3) is 1.80. The summed E-state index contributed by atoms with van der Waals surface area (Å²) in [7, 11) is 0. The third-order valence-corrected chi connectivity index (χ3v) is 2.27. The highest BCUT2D eigenvalue weighted by Crippen LogP contribution is 2.35. The summed E-state index contributed by atoms with van der Waals surface area (Å²) in [5.74, 6) is 0.876. The van der Waals surface area contributed by atoms with E-state index >= 15 is 0 Å². The number of hydrogen-bond donors (Lipinski definition) is 0. The van der Waals surface area contributed by atoms with Gasteiger partial charge in [-0.05, 0) is 38.5 Å². The summed E-state index contributed by atoms with van der Waals surface area (Å²) < 4.78 is 5.75. The minimum atomic E-state index is -0.138. The van der Waals surface area contributed by atoms with E-state index in [2.05, 4.69) is 20.3 Å². The summed E-state index contributed by atoms with van der Waals surface area (Å²) in [4.78, 5) is 0. The molecule has 0 aliphatic carbocycles. The lowest BCUT2D eigenvalue weighted by atomic mass is 9.94. The molecule has 2 radical (unpaired) electrons. The number of benzene rings is 1. The lowest BCUT2D eigenvalue weighted by Crippen LogP contribution is -2.31. The van der Waals surface area contributed by atoms with E-state index in [-0.39, 0.29) is 5.60 Å². The van der Waals surface area contributed by atoms with E-state index < -0.39 is 0 Å². The van der Waals surface area contributed by atoms with Gasteiger partial charge in [0.15, 0.2) is 0 Å². The summed E-state index contributed by atoms with van der Waals surface area (Å²) in [5.41, 5.74) is 0.840. The van der Waals surface area contributed by atoms with Crippen LogP contribution in [0.2, 0.25) is 5.02 Å². The molecule has 0 fully saturated rings. The molecule has 13 heavy (non-hydrogen) atoms. The molecule has 2 rings (SSSR count). The van der Waals surface area contributed by atoms with Crippen molar-refractivity contribution in [2.75, 3.05) is 0 Å². The van der Waals surface area contributed by atoms with Gasteiger partial charge in [-0.3, -0.25) is 0 Å². The van der Waals surface area contributed by atoms with Crippen LogP contribution < -0.4 is 4.74 Å².